The minimum atomic E-state index is -0.500. The van der Waals surface area contributed by atoms with Crippen LogP contribution in [-0.2, 0) is 4.79 Å². The van der Waals surface area contributed by atoms with Gasteiger partial charge in [-0.15, -0.1) is 16.4 Å². The molecule has 9 heteroatoms. The Labute approximate surface area is 181 Å². The summed E-state index contributed by atoms with van der Waals surface area (Å²) in [6.45, 7) is 3.26. The number of halogens is 1. The first-order valence-corrected chi connectivity index (χ1v) is 10.2. The van der Waals surface area contributed by atoms with E-state index in [1.165, 1.54) is 35.1 Å². The fourth-order valence-electron chi connectivity index (χ4n) is 3.02. The molecule has 0 bridgehead atoms. The van der Waals surface area contributed by atoms with Crippen molar-refractivity contribution in [3.05, 3.63) is 77.2 Å². The summed E-state index contributed by atoms with van der Waals surface area (Å²) >= 11 is 1.44. The molecule has 2 aromatic heterocycles. The van der Waals surface area contributed by atoms with Crippen molar-refractivity contribution in [1.29, 1.82) is 0 Å². The first-order valence-electron chi connectivity index (χ1n) is 9.37. The smallest absolute Gasteiger partial charge is 0.295 e. The molecule has 0 saturated carbocycles. The van der Waals surface area contributed by atoms with Crippen LogP contribution >= 0.6 is 11.3 Å². The van der Waals surface area contributed by atoms with Crippen LogP contribution in [0.25, 0.3) is 16.4 Å². The summed E-state index contributed by atoms with van der Waals surface area (Å²) in [4.78, 5) is 29.3. The summed E-state index contributed by atoms with van der Waals surface area (Å²) in [5, 5.41) is 11.7. The van der Waals surface area contributed by atoms with Gasteiger partial charge >= 0.3 is 0 Å². The van der Waals surface area contributed by atoms with Crippen molar-refractivity contribution >= 4 is 34.5 Å². The maximum Gasteiger partial charge on any atom is 0.295 e. The van der Waals surface area contributed by atoms with Crippen molar-refractivity contribution in [2.45, 2.75) is 13.8 Å². The molecule has 0 aliphatic rings. The Balaban J connectivity index is 1.65. The number of aryl methyl sites for hydroxylation is 1. The zero-order valence-electron chi connectivity index (χ0n) is 16.7. The first-order chi connectivity index (χ1) is 14.9. The standard InChI is InChI=1S/C22H18FN5O2S/c1-13-11-16(8-9-18(13)24-14(2)29)25-22(30)20-26-21(19-7-4-10-31-19)28(27-20)17-6-3-5-15(23)12-17/h3-12H,1-2H3,(H,24,29)(H,25,30). The van der Waals surface area contributed by atoms with Crippen LogP contribution < -0.4 is 10.6 Å². The Morgan fingerprint density at radius 3 is 2.58 bits per heavy atom. The maximum absolute atomic E-state index is 13.8. The molecule has 31 heavy (non-hydrogen) atoms. The number of anilines is 2. The van der Waals surface area contributed by atoms with Crippen molar-refractivity contribution in [1.82, 2.24) is 14.8 Å². The van der Waals surface area contributed by atoms with Gasteiger partial charge in [-0.1, -0.05) is 12.1 Å². The number of rotatable bonds is 5. The average Bonchev–Trinajstić information content (AvgIpc) is 3.39. The molecule has 2 aromatic carbocycles. The molecule has 156 valence electrons. The molecule has 2 heterocycles. The lowest BCUT2D eigenvalue weighted by Gasteiger charge is -2.09. The van der Waals surface area contributed by atoms with Gasteiger partial charge in [0, 0.05) is 18.3 Å². The summed E-state index contributed by atoms with van der Waals surface area (Å²) in [7, 11) is 0. The van der Waals surface area contributed by atoms with E-state index >= 15 is 0 Å². The van der Waals surface area contributed by atoms with Crippen LogP contribution in [0.5, 0.6) is 0 Å². The Hall–Kier alpha value is -3.85. The van der Waals surface area contributed by atoms with Crippen molar-refractivity contribution in [2.24, 2.45) is 0 Å². The summed E-state index contributed by atoms with van der Waals surface area (Å²) < 4.78 is 15.2. The molecule has 0 saturated heterocycles. The Morgan fingerprint density at radius 1 is 1.06 bits per heavy atom. The minimum Gasteiger partial charge on any atom is -0.326 e. The normalized spacial score (nSPS) is 10.7. The number of hydrogen-bond acceptors (Lipinski definition) is 5. The summed E-state index contributed by atoms with van der Waals surface area (Å²) in [5.41, 5.74) is 2.46. The molecule has 7 nitrogen and oxygen atoms in total. The Bertz CT molecular complexity index is 1270. The lowest BCUT2D eigenvalue weighted by molar-refractivity contribution is -0.114. The van der Waals surface area contributed by atoms with E-state index in [9.17, 15) is 14.0 Å². The highest BCUT2D eigenvalue weighted by atomic mass is 32.1. The van der Waals surface area contributed by atoms with Gasteiger partial charge in [-0.3, -0.25) is 9.59 Å². The van der Waals surface area contributed by atoms with E-state index in [1.807, 2.05) is 24.4 Å². The second kappa shape index (κ2) is 8.49. The molecule has 0 aliphatic heterocycles. The number of carbonyl (C=O) groups is 2. The molecule has 0 aliphatic carbocycles. The Morgan fingerprint density at radius 2 is 1.90 bits per heavy atom. The van der Waals surface area contributed by atoms with E-state index in [1.54, 1.807) is 30.3 Å². The number of aromatic nitrogens is 3. The van der Waals surface area contributed by atoms with E-state index in [0.29, 0.717) is 22.9 Å². The third-order valence-corrected chi connectivity index (χ3v) is 5.27. The van der Waals surface area contributed by atoms with Crippen molar-refractivity contribution in [3.8, 4) is 16.4 Å². The molecule has 0 fully saturated rings. The summed E-state index contributed by atoms with van der Waals surface area (Å²) in [6.07, 6.45) is 0. The van der Waals surface area contributed by atoms with Crippen LogP contribution in [0.15, 0.2) is 60.0 Å². The van der Waals surface area contributed by atoms with Crippen molar-refractivity contribution in [3.63, 3.8) is 0 Å². The monoisotopic (exact) mass is 435 g/mol. The van der Waals surface area contributed by atoms with Crippen LogP contribution in [0.4, 0.5) is 15.8 Å². The van der Waals surface area contributed by atoms with Crippen LogP contribution in [0, 0.1) is 12.7 Å². The number of hydrogen-bond donors (Lipinski definition) is 2. The maximum atomic E-state index is 13.8. The number of amides is 2. The van der Waals surface area contributed by atoms with Gasteiger partial charge in [0.25, 0.3) is 5.91 Å². The number of benzene rings is 2. The molecule has 4 rings (SSSR count). The van der Waals surface area contributed by atoms with E-state index in [0.717, 1.165) is 10.4 Å². The highest BCUT2D eigenvalue weighted by Gasteiger charge is 2.20. The summed E-state index contributed by atoms with van der Waals surface area (Å²) in [5.74, 6) is -0.683. The highest BCUT2D eigenvalue weighted by molar-refractivity contribution is 7.13. The van der Waals surface area contributed by atoms with Crippen LogP contribution in [0.1, 0.15) is 23.1 Å². The molecule has 0 radical (unpaired) electrons. The third-order valence-electron chi connectivity index (χ3n) is 4.40. The fraction of sp³-hybridized carbons (Fsp3) is 0.0909. The number of nitrogens with zero attached hydrogens (tertiary/aromatic N) is 3. The van der Waals surface area contributed by atoms with Gasteiger partial charge in [0.05, 0.1) is 10.6 Å². The van der Waals surface area contributed by atoms with Crippen LogP contribution in [-0.4, -0.2) is 26.6 Å². The van der Waals surface area contributed by atoms with E-state index in [4.69, 9.17) is 0 Å². The average molecular weight is 435 g/mol. The number of nitrogens with one attached hydrogen (secondary N) is 2. The largest absolute Gasteiger partial charge is 0.326 e. The second-order valence-electron chi connectivity index (χ2n) is 6.79. The number of carbonyl (C=O) groups excluding carboxylic acids is 2. The van der Waals surface area contributed by atoms with Crippen molar-refractivity contribution < 1.29 is 14.0 Å². The quantitative estimate of drug-likeness (QED) is 0.477. The van der Waals surface area contributed by atoms with Gasteiger partial charge in [0.2, 0.25) is 11.7 Å². The Kier molecular flexibility index (Phi) is 5.59. The molecule has 0 unspecified atom stereocenters. The molecule has 0 spiro atoms. The van der Waals surface area contributed by atoms with Crippen molar-refractivity contribution in [2.75, 3.05) is 10.6 Å². The lowest BCUT2D eigenvalue weighted by atomic mass is 10.1. The van der Waals surface area contributed by atoms with E-state index in [-0.39, 0.29) is 11.7 Å². The first kappa shape index (κ1) is 20.4. The molecular formula is C22H18FN5O2S. The van der Waals surface area contributed by atoms with Gasteiger partial charge < -0.3 is 10.6 Å². The predicted octanol–water partition coefficient (Wildman–Crippen LogP) is 4.65. The summed E-state index contributed by atoms with van der Waals surface area (Å²) in [6, 6.07) is 14.8. The molecular weight excluding hydrogens is 417 g/mol. The predicted molar refractivity (Wildman–Crippen MR) is 118 cm³/mol. The minimum absolute atomic E-state index is 0.0451. The molecule has 0 atom stereocenters. The van der Waals surface area contributed by atoms with Gasteiger partial charge in [-0.2, -0.15) is 0 Å². The highest BCUT2D eigenvalue weighted by Crippen LogP contribution is 2.26. The zero-order chi connectivity index (χ0) is 22.0. The van der Waals surface area contributed by atoms with E-state index < -0.39 is 11.7 Å². The molecule has 4 aromatic rings. The van der Waals surface area contributed by atoms with Crippen LogP contribution in [0.2, 0.25) is 0 Å². The second-order valence-corrected chi connectivity index (χ2v) is 7.74. The third kappa shape index (κ3) is 4.51. The topological polar surface area (TPSA) is 88.9 Å². The van der Waals surface area contributed by atoms with Gasteiger partial charge in [0.1, 0.15) is 5.82 Å². The van der Waals surface area contributed by atoms with Gasteiger partial charge in [-0.05, 0) is 60.3 Å². The molecule has 2 N–H and O–H groups in total. The van der Waals surface area contributed by atoms with Gasteiger partial charge in [0.15, 0.2) is 5.82 Å². The number of thiophene rings is 1. The lowest BCUT2D eigenvalue weighted by Crippen LogP contribution is -2.15. The zero-order valence-corrected chi connectivity index (χ0v) is 17.5. The fourth-order valence-corrected chi connectivity index (χ4v) is 3.72. The van der Waals surface area contributed by atoms with Gasteiger partial charge in [-0.25, -0.2) is 14.1 Å². The SMILES string of the molecule is CC(=O)Nc1ccc(NC(=O)c2nc(-c3cccs3)n(-c3cccc(F)c3)n2)cc1C. The van der Waals surface area contributed by atoms with E-state index in [2.05, 4.69) is 20.7 Å². The molecule has 2 amide bonds. The van der Waals surface area contributed by atoms with Crippen LogP contribution in [0.3, 0.4) is 0 Å².